The van der Waals surface area contributed by atoms with Crippen molar-refractivity contribution in [1.29, 1.82) is 0 Å². The van der Waals surface area contributed by atoms with Crippen LogP contribution in [0.2, 0.25) is 0 Å². The Morgan fingerprint density at radius 1 is 1.00 bits per heavy atom. The molecule has 0 aromatic carbocycles. The number of amides is 1. The lowest BCUT2D eigenvalue weighted by atomic mass is 10.8. The predicted octanol–water partition coefficient (Wildman–Crippen LogP) is -1.88. The van der Waals surface area contributed by atoms with Crippen LogP contribution in [0.4, 0.5) is 0 Å². The summed E-state index contributed by atoms with van der Waals surface area (Å²) in [5, 5.41) is 0. The molecule has 0 fully saturated rings. The highest BCUT2D eigenvalue weighted by Gasteiger charge is 2.39. The summed E-state index contributed by atoms with van der Waals surface area (Å²) in [5.74, 6) is -1.70. The highest BCUT2D eigenvalue weighted by molar-refractivity contribution is 7.97. The molecule has 0 aliphatic heterocycles. The number of hydrogen-bond acceptors (Lipinski definition) is 5. The Morgan fingerprint density at radius 3 is 1.43 bits per heavy atom. The Balaban J connectivity index is 5.54. The third-order valence-electron chi connectivity index (χ3n) is 1.61. The molecule has 0 aliphatic carbocycles. The fraction of sp³-hybridized carbons (Fsp3) is 0.833. The first kappa shape index (κ1) is 13.5. The molecule has 0 aromatic rings. The number of carbonyl (C=O) groups excluding carboxylic acids is 1. The van der Waals surface area contributed by atoms with Crippen LogP contribution in [0.25, 0.3) is 0 Å². The van der Waals surface area contributed by atoms with Gasteiger partial charge in [-0.25, -0.2) is 4.79 Å². The van der Waals surface area contributed by atoms with Crippen LogP contribution in [-0.2, 0) is 24.8 Å². The van der Waals surface area contributed by atoms with E-state index in [2.05, 4.69) is 0 Å². The number of rotatable bonds is 4. The van der Waals surface area contributed by atoms with Crippen LogP contribution in [-0.4, -0.2) is 34.2 Å². The summed E-state index contributed by atoms with van der Waals surface area (Å²) >= 11 is 0. The van der Waals surface area contributed by atoms with Crippen molar-refractivity contribution >= 4 is 26.0 Å². The minimum Gasteiger partial charge on any atom is -0.229 e. The largest absolute Gasteiger partial charge is 0.339 e. The molecular formula is C6H14NO5S2+. The van der Waals surface area contributed by atoms with Crippen LogP contribution in [0.15, 0.2) is 0 Å². The van der Waals surface area contributed by atoms with E-state index < -0.39 is 29.7 Å². The van der Waals surface area contributed by atoms with Crippen LogP contribution in [0.5, 0.6) is 0 Å². The van der Waals surface area contributed by atoms with Crippen LogP contribution in [0, 0.1) is 0 Å². The molecule has 1 amide bonds. The monoisotopic (exact) mass is 244 g/mol. The highest BCUT2D eigenvalue weighted by Crippen LogP contribution is 1.84. The van der Waals surface area contributed by atoms with Crippen molar-refractivity contribution in [2.45, 2.75) is 20.8 Å². The molecule has 0 bridgehead atoms. The molecule has 0 rings (SSSR count). The van der Waals surface area contributed by atoms with E-state index >= 15 is 0 Å². The van der Waals surface area contributed by atoms with Gasteiger partial charge in [0.15, 0.2) is 0 Å². The molecule has 0 radical (unpaired) electrons. The average molecular weight is 244 g/mol. The zero-order valence-corrected chi connectivity index (χ0v) is 9.90. The Labute approximate surface area is 84.0 Å². The van der Waals surface area contributed by atoms with Crippen LogP contribution < -0.4 is 3.71 Å². The molecule has 0 saturated carbocycles. The summed E-state index contributed by atoms with van der Waals surface area (Å²) in [6, 6.07) is 0. The third kappa shape index (κ3) is 2.76. The quantitative estimate of drug-likeness (QED) is 0.625. The maximum absolute atomic E-state index is 11.3. The van der Waals surface area contributed by atoms with Crippen molar-refractivity contribution in [3.63, 3.8) is 0 Å². The highest BCUT2D eigenvalue weighted by atomic mass is 32.3. The van der Waals surface area contributed by atoms with E-state index in [4.69, 9.17) is 0 Å². The summed E-state index contributed by atoms with van der Waals surface area (Å²) in [5.41, 5.74) is 0. The van der Waals surface area contributed by atoms with Gasteiger partial charge in [0.25, 0.3) is 0 Å². The molecule has 0 aliphatic rings. The van der Waals surface area contributed by atoms with Crippen molar-refractivity contribution in [3.8, 4) is 0 Å². The summed E-state index contributed by atoms with van der Waals surface area (Å²) in [4.78, 5) is 11.0. The second kappa shape index (κ2) is 4.37. The number of quaternary nitrogens is 1. The van der Waals surface area contributed by atoms with Gasteiger partial charge in [-0.15, -0.1) is 0 Å². The lowest BCUT2D eigenvalue weighted by Crippen LogP contribution is -3.18. The van der Waals surface area contributed by atoms with Gasteiger partial charge in [0.2, 0.25) is 0 Å². The average Bonchev–Trinajstić information content (AvgIpc) is 2.02. The standard InChI is InChI=1S/C6H13NO5S2/c1-4-13(9,10)7(6(3)8)14(11,12)5-2/h4-5H2,1-3H3/p+1. The number of sulfonamides is 2. The molecule has 0 heterocycles. The molecule has 1 N–H and O–H groups in total. The smallest absolute Gasteiger partial charge is 0.229 e. The zero-order valence-electron chi connectivity index (χ0n) is 8.27. The SMILES string of the molecule is CCS(=O)(=O)[NH+](C(C)=O)S(=O)(=O)CC. The van der Waals surface area contributed by atoms with Gasteiger partial charge in [-0.2, -0.15) is 16.8 Å². The summed E-state index contributed by atoms with van der Waals surface area (Å²) in [6.07, 6.45) is 0. The first-order valence-electron chi connectivity index (χ1n) is 4.02. The number of hydrogen-bond donors (Lipinski definition) is 1. The third-order valence-corrected chi connectivity index (χ3v) is 6.36. The van der Waals surface area contributed by atoms with Crippen molar-refractivity contribution in [2.75, 3.05) is 11.5 Å². The van der Waals surface area contributed by atoms with Crippen LogP contribution in [0.3, 0.4) is 0 Å². The normalized spacial score (nSPS) is 13.1. The molecule has 0 aromatic heterocycles. The van der Waals surface area contributed by atoms with Gasteiger partial charge < -0.3 is 0 Å². The molecular weight excluding hydrogens is 230 g/mol. The van der Waals surface area contributed by atoms with Gasteiger partial charge in [-0.1, -0.05) is 3.71 Å². The van der Waals surface area contributed by atoms with Crippen molar-refractivity contribution in [3.05, 3.63) is 0 Å². The minimum atomic E-state index is -3.95. The van der Waals surface area contributed by atoms with Gasteiger partial charge in [0.1, 0.15) is 0 Å². The molecule has 0 saturated heterocycles. The maximum atomic E-state index is 11.3. The van der Waals surface area contributed by atoms with Gasteiger partial charge in [-0.05, 0) is 13.8 Å². The van der Waals surface area contributed by atoms with E-state index in [-0.39, 0.29) is 11.5 Å². The Kier molecular flexibility index (Phi) is 4.22. The topological polar surface area (TPSA) is 89.8 Å². The predicted molar refractivity (Wildman–Crippen MR) is 50.6 cm³/mol. The van der Waals surface area contributed by atoms with Crippen LogP contribution in [0.1, 0.15) is 20.8 Å². The van der Waals surface area contributed by atoms with E-state index in [9.17, 15) is 21.6 Å². The van der Waals surface area contributed by atoms with Gasteiger partial charge in [0.05, 0.1) is 18.4 Å². The first-order valence-corrected chi connectivity index (χ1v) is 7.33. The maximum Gasteiger partial charge on any atom is 0.339 e. The van der Waals surface area contributed by atoms with E-state index in [0.717, 1.165) is 6.92 Å². The summed E-state index contributed by atoms with van der Waals surface area (Å²) in [7, 11) is -7.90. The second-order valence-electron chi connectivity index (χ2n) is 2.65. The second-order valence-corrected chi connectivity index (χ2v) is 7.34. The van der Waals surface area contributed by atoms with Crippen LogP contribution >= 0.6 is 0 Å². The zero-order chi connectivity index (χ0) is 11.6. The van der Waals surface area contributed by atoms with E-state index in [1.165, 1.54) is 13.8 Å². The summed E-state index contributed by atoms with van der Waals surface area (Å²) in [6.45, 7) is 3.53. The molecule has 0 unspecified atom stereocenters. The van der Waals surface area contributed by atoms with Crippen molar-refractivity contribution in [2.24, 2.45) is 0 Å². The van der Waals surface area contributed by atoms with Gasteiger partial charge in [-0.3, -0.25) is 0 Å². The fourth-order valence-electron chi connectivity index (χ4n) is 0.894. The van der Waals surface area contributed by atoms with Crippen molar-refractivity contribution < 1.29 is 25.3 Å². The van der Waals surface area contributed by atoms with Crippen molar-refractivity contribution in [1.82, 2.24) is 0 Å². The lowest BCUT2D eigenvalue weighted by molar-refractivity contribution is -0.528. The fourth-order valence-corrected chi connectivity index (χ4v) is 4.55. The Hall–Kier alpha value is -0.470. The minimum absolute atomic E-state index is 0.388. The van der Waals surface area contributed by atoms with Gasteiger partial charge in [0, 0.05) is 0 Å². The lowest BCUT2D eigenvalue weighted by Gasteiger charge is -2.12. The van der Waals surface area contributed by atoms with Gasteiger partial charge >= 0.3 is 26.0 Å². The molecule has 0 spiro atoms. The molecule has 8 heteroatoms. The molecule has 6 nitrogen and oxygen atoms in total. The number of carbonyl (C=O) groups is 1. The summed E-state index contributed by atoms with van der Waals surface area (Å²) < 4.78 is 44.3. The molecule has 14 heavy (non-hydrogen) atoms. The first-order chi connectivity index (χ1) is 6.19. The van der Waals surface area contributed by atoms with E-state index in [0.29, 0.717) is 0 Å². The molecule has 0 atom stereocenters. The number of nitrogens with one attached hydrogen (secondary N) is 1. The Morgan fingerprint density at radius 2 is 1.29 bits per heavy atom. The van der Waals surface area contributed by atoms with E-state index in [1.807, 2.05) is 0 Å². The van der Waals surface area contributed by atoms with E-state index in [1.54, 1.807) is 0 Å². The Bertz CT molecular complexity index is 374. The molecule has 84 valence electrons.